The van der Waals surface area contributed by atoms with Crippen molar-refractivity contribution in [3.05, 3.63) is 24.0 Å². The standard InChI is InChI=1S/C12H14F3NO3/c1-4-18-10(17)11(2,3)19-8-5-6-9(16-7-8)12(13,14)15/h5-7H,4H2,1-3H3. The van der Waals surface area contributed by atoms with Gasteiger partial charge in [0.15, 0.2) is 5.60 Å². The average Bonchev–Trinajstić information content (AvgIpc) is 2.28. The van der Waals surface area contributed by atoms with Crippen LogP contribution >= 0.6 is 0 Å². The molecule has 0 aromatic carbocycles. The fraction of sp³-hybridized carbons (Fsp3) is 0.500. The van der Waals surface area contributed by atoms with E-state index in [9.17, 15) is 18.0 Å². The lowest BCUT2D eigenvalue weighted by atomic mass is 10.1. The molecular formula is C12H14F3NO3. The van der Waals surface area contributed by atoms with Crippen LogP contribution in [0.5, 0.6) is 5.75 Å². The molecule has 1 heterocycles. The van der Waals surface area contributed by atoms with Crippen LogP contribution < -0.4 is 4.74 Å². The van der Waals surface area contributed by atoms with Gasteiger partial charge in [-0.2, -0.15) is 13.2 Å². The molecule has 0 aliphatic carbocycles. The molecular weight excluding hydrogens is 263 g/mol. The highest BCUT2D eigenvalue weighted by Gasteiger charge is 2.34. The molecule has 106 valence electrons. The monoisotopic (exact) mass is 277 g/mol. The van der Waals surface area contributed by atoms with Gasteiger partial charge < -0.3 is 9.47 Å². The lowest BCUT2D eigenvalue weighted by Gasteiger charge is -2.23. The second-order valence-corrected chi connectivity index (χ2v) is 4.21. The maximum atomic E-state index is 12.3. The number of halogens is 3. The minimum absolute atomic E-state index is 0.0612. The van der Waals surface area contributed by atoms with Crippen LogP contribution in [0.15, 0.2) is 18.3 Å². The van der Waals surface area contributed by atoms with Crippen LogP contribution in [-0.2, 0) is 15.7 Å². The summed E-state index contributed by atoms with van der Waals surface area (Å²) in [5.74, 6) is -0.541. The van der Waals surface area contributed by atoms with E-state index in [1.165, 1.54) is 13.8 Å². The molecule has 0 N–H and O–H groups in total. The van der Waals surface area contributed by atoms with Gasteiger partial charge in [-0.05, 0) is 32.9 Å². The maximum Gasteiger partial charge on any atom is 0.433 e. The van der Waals surface area contributed by atoms with Crippen molar-refractivity contribution in [2.45, 2.75) is 32.5 Å². The summed E-state index contributed by atoms with van der Waals surface area (Å²) in [6.07, 6.45) is -3.58. The summed E-state index contributed by atoms with van der Waals surface area (Å²) < 4.78 is 47.0. The summed E-state index contributed by atoms with van der Waals surface area (Å²) in [5.41, 5.74) is -2.31. The SMILES string of the molecule is CCOC(=O)C(C)(C)Oc1ccc(C(F)(F)F)nc1. The summed E-state index contributed by atoms with van der Waals surface area (Å²) in [5, 5.41) is 0. The quantitative estimate of drug-likeness (QED) is 0.794. The third-order valence-electron chi connectivity index (χ3n) is 2.17. The van der Waals surface area contributed by atoms with Gasteiger partial charge in [-0.15, -0.1) is 0 Å². The van der Waals surface area contributed by atoms with Gasteiger partial charge >= 0.3 is 12.1 Å². The van der Waals surface area contributed by atoms with E-state index in [1.807, 2.05) is 0 Å². The fourth-order valence-electron chi connectivity index (χ4n) is 1.25. The van der Waals surface area contributed by atoms with Crippen LogP contribution in [0.3, 0.4) is 0 Å². The molecule has 0 atom stereocenters. The Labute approximate surface area is 108 Å². The van der Waals surface area contributed by atoms with E-state index in [0.29, 0.717) is 0 Å². The number of aromatic nitrogens is 1. The van der Waals surface area contributed by atoms with E-state index in [4.69, 9.17) is 9.47 Å². The van der Waals surface area contributed by atoms with Crippen LogP contribution in [-0.4, -0.2) is 23.2 Å². The Kier molecular flexibility index (Phi) is 4.39. The number of carbonyl (C=O) groups is 1. The van der Waals surface area contributed by atoms with Gasteiger partial charge in [-0.3, -0.25) is 0 Å². The lowest BCUT2D eigenvalue weighted by Crippen LogP contribution is -2.39. The number of hydrogen-bond donors (Lipinski definition) is 0. The molecule has 0 saturated carbocycles. The molecule has 19 heavy (non-hydrogen) atoms. The molecule has 0 saturated heterocycles. The zero-order valence-electron chi connectivity index (χ0n) is 10.7. The highest BCUT2D eigenvalue weighted by molar-refractivity contribution is 5.79. The topological polar surface area (TPSA) is 48.4 Å². The molecule has 0 amide bonds. The molecule has 0 aliphatic heterocycles. The normalized spacial score (nSPS) is 12.1. The molecule has 0 radical (unpaired) electrons. The zero-order valence-corrected chi connectivity index (χ0v) is 10.7. The highest BCUT2D eigenvalue weighted by atomic mass is 19.4. The fourth-order valence-corrected chi connectivity index (χ4v) is 1.25. The number of esters is 1. The summed E-state index contributed by atoms with van der Waals surface area (Å²) in [6.45, 7) is 4.76. The van der Waals surface area contributed by atoms with Crippen LogP contribution in [0.4, 0.5) is 13.2 Å². The minimum atomic E-state index is -4.50. The summed E-state index contributed by atoms with van der Waals surface area (Å²) in [6, 6.07) is 1.90. The highest BCUT2D eigenvalue weighted by Crippen LogP contribution is 2.29. The van der Waals surface area contributed by atoms with Crippen molar-refractivity contribution in [3.8, 4) is 5.75 Å². The summed E-state index contributed by atoms with van der Waals surface area (Å²) >= 11 is 0. The van der Waals surface area contributed by atoms with Crippen molar-refractivity contribution in [1.29, 1.82) is 0 Å². The minimum Gasteiger partial charge on any atom is -0.475 e. The van der Waals surface area contributed by atoms with Gasteiger partial charge in [0.2, 0.25) is 0 Å². The summed E-state index contributed by atoms with van der Waals surface area (Å²) in [7, 11) is 0. The number of alkyl halides is 3. The van der Waals surface area contributed by atoms with E-state index >= 15 is 0 Å². The van der Waals surface area contributed by atoms with E-state index in [2.05, 4.69) is 4.98 Å². The molecule has 7 heteroatoms. The summed E-state index contributed by atoms with van der Waals surface area (Å²) in [4.78, 5) is 14.8. The first kappa shape index (κ1) is 15.3. The molecule has 1 aromatic rings. The van der Waals surface area contributed by atoms with E-state index in [0.717, 1.165) is 18.3 Å². The number of carbonyl (C=O) groups excluding carboxylic acids is 1. The van der Waals surface area contributed by atoms with Crippen LogP contribution in [0.2, 0.25) is 0 Å². The van der Waals surface area contributed by atoms with Gasteiger partial charge in [0.25, 0.3) is 0 Å². The Morgan fingerprint density at radius 1 is 1.32 bits per heavy atom. The first-order valence-corrected chi connectivity index (χ1v) is 5.56. The van der Waals surface area contributed by atoms with Crippen LogP contribution in [0, 0.1) is 0 Å². The molecule has 4 nitrogen and oxygen atoms in total. The Hall–Kier alpha value is -1.79. The number of pyridine rings is 1. The Morgan fingerprint density at radius 2 is 1.95 bits per heavy atom. The number of ether oxygens (including phenoxy) is 2. The molecule has 0 spiro atoms. The van der Waals surface area contributed by atoms with Crippen LogP contribution in [0.25, 0.3) is 0 Å². The Morgan fingerprint density at radius 3 is 2.37 bits per heavy atom. The first-order chi connectivity index (χ1) is 8.66. The number of hydrogen-bond acceptors (Lipinski definition) is 4. The van der Waals surface area contributed by atoms with E-state index in [1.54, 1.807) is 6.92 Å². The molecule has 1 rings (SSSR count). The van der Waals surface area contributed by atoms with E-state index in [-0.39, 0.29) is 12.4 Å². The van der Waals surface area contributed by atoms with Crippen molar-refractivity contribution in [3.63, 3.8) is 0 Å². The largest absolute Gasteiger partial charge is 0.475 e. The Balaban J connectivity index is 2.80. The molecule has 1 aromatic heterocycles. The predicted molar refractivity (Wildman–Crippen MR) is 60.6 cm³/mol. The van der Waals surface area contributed by atoms with Crippen LogP contribution in [0.1, 0.15) is 26.5 Å². The van der Waals surface area contributed by atoms with Crippen molar-refractivity contribution in [2.75, 3.05) is 6.61 Å². The second-order valence-electron chi connectivity index (χ2n) is 4.21. The number of rotatable bonds is 4. The number of nitrogens with zero attached hydrogens (tertiary/aromatic N) is 1. The van der Waals surface area contributed by atoms with Crippen molar-refractivity contribution >= 4 is 5.97 Å². The lowest BCUT2D eigenvalue weighted by molar-refractivity contribution is -0.158. The first-order valence-electron chi connectivity index (χ1n) is 5.56. The molecule has 0 aliphatic rings. The zero-order chi connectivity index (χ0) is 14.7. The van der Waals surface area contributed by atoms with Crippen molar-refractivity contribution in [1.82, 2.24) is 4.98 Å². The molecule has 0 bridgehead atoms. The van der Waals surface area contributed by atoms with Gasteiger partial charge in [0, 0.05) is 0 Å². The third-order valence-corrected chi connectivity index (χ3v) is 2.17. The second kappa shape index (κ2) is 5.46. The van der Waals surface area contributed by atoms with Gasteiger partial charge in [-0.1, -0.05) is 0 Å². The van der Waals surface area contributed by atoms with Crippen molar-refractivity contribution in [2.24, 2.45) is 0 Å². The van der Waals surface area contributed by atoms with Gasteiger partial charge in [-0.25, -0.2) is 9.78 Å². The van der Waals surface area contributed by atoms with E-state index < -0.39 is 23.4 Å². The van der Waals surface area contributed by atoms with Crippen molar-refractivity contribution < 1.29 is 27.4 Å². The molecule has 0 unspecified atom stereocenters. The molecule has 0 fully saturated rings. The van der Waals surface area contributed by atoms with Gasteiger partial charge in [0.1, 0.15) is 11.4 Å². The maximum absolute atomic E-state index is 12.3. The van der Waals surface area contributed by atoms with Gasteiger partial charge in [0.05, 0.1) is 12.8 Å². The Bertz CT molecular complexity index is 441. The smallest absolute Gasteiger partial charge is 0.433 e. The predicted octanol–water partition coefficient (Wildman–Crippen LogP) is 2.82. The average molecular weight is 277 g/mol. The third kappa shape index (κ3) is 4.11.